The molecule has 0 aromatic heterocycles. The van der Waals surface area contributed by atoms with Gasteiger partial charge in [0.25, 0.3) is 0 Å². The van der Waals surface area contributed by atoms with Gasteiger partial charge in [-0.05, 0) is 25.2 Å². The summed E-state index contributed by atoms with van der Waals surface area (Å²) in [6.07, 6.45) is 15.0. The second-order valence-electron chi connectivity index (χ2n) is 4.05. The average molecular weight is 340 g/mol. The van der Waals surface area contributed by atoms with Crippen molar-refractivity contribution in [3.05, 3.63) is 23.8 Å². The molecule has 0 heterocycles. The summed E-state index contributed by atoms with van der Waals surface area (Å²) in [4.78, 5) is 0. The third-order valence-corrected chi connectivity index (χ3v) is 2.82. The van der Waals surface area contributed by atoms with Gasteiger partial charge in [0.15, 0.2) is 0 Å². The van der Waals surface area contributed by atoms with Gasteiger partial charge >= 0.3 is 37.9 Å². The molecule has 0 fully saturated rings. The molecular formula is C13H22Cl2Zr. The number of halogens is 2. The summed E-state index contributed by atoms with van der Waals surface area (Å²) >= 11 is -0.826. The molecule has 1 atom stereocenters. The number of hydrogen-bond donors (Lipinski definition) is 0. The summed E-state index contributed by atoms with van der Waals surface area (Å²) in [5, 5.41) is 0. The maximum atomic E-state index is 4.93. The fourth-order valence-corrected chi connectivity index (χ4v) is 1.92. The van der Waals surface area contributed by atoms with Crippen LogP contribution in [0.5, 0.6) is 0 Å². The third-order valence-electron chi connectivity index (χ3n) is 2.82. The van der Waals surface area contributed by atoms with Crippen LogP contribution < -0.4 is 0 Å². The van der Waals surface area contributed by atoms with E-state index < -0.39 is 20.8 Å². The van der Waals surface area contributed by atoms with Crippen molar-refractivity contribution in [3.63, 3.8) is 0 Å². The van der Waals surface area contributed by atoms with E-state index in [1.54, 1.807) is 5.57 Å². The minimum atomic E-state index is -0.826. The van der Waals surface area contributed by atoms with Crippen LogP contribution in [0.2, 0.25) is 0 Å². The van der Waals surface area contributed by atoms with Crippen molar-refractivity contribution in [3.8, 4) is 0 Å². The third kappa shape index (κ3) is 8.10. The molecule has 0 N–H and O–H groups in total. The first-order valence-corrected chi connectivity index (χ1v) is 12.5. The van der Waals surface area contributed by atoms with Crippen molar-refractivity contribution in [1.29, 1.82) is 0 Å². The van der Waals surface area contributed by atoms with Crippen LogP contribution in [-0.2, 0) is 20.8 Å². The topological polar surface area (TPSA) is 0 Å². The van der Waals surface area contributed by atoms with Gasteiger partial charge in [0.2, 0.25) is 0 Å². The standard InChI is InChI=1S/C13H22.2ClH.Zr/c1-3-5-8-12-10-7-11-13(12)9-6-4-2;;;/h7,10-12H,3-6,8-9H2,1-2H3;2*1H;/q;;;+2/p-2. The van der Waals surface area contributed by atoms with Crippen LogP contribution in [0, 0.1) is 5.92 Å². The zero-order valence-corrected chi connectivity index (χ0v) is 14.3. The van der Waals surface area contributed by atoms with Crippen molar-refractivity contribution < 1.29 is 20.8 Å². The van der Waals surface area contributed by atoms with E-state index in [9.17, 15) is 0 Å². The summed E-state index contributed by atoms with van der Waals surface area (Å²) in [6, 6.07) is 0. The maximum absolute atomic E-state index is 4.93. The van der Waals surface area contributed by atoms with Gasteiger partial charge < -0.3 is 0 Å². The van der Waals surface area contributed by atoms with Crippen LogP contribution in [0.25, 0.3) is 0 Å². The van der Waals surface area contributed by atoms with E-state index in [2.05, 4.69) is 32.1 Å². The van der Waals surface area contributed by atoms with Gasteiger partial charge in [-0.25, -0.2) is 0 Å². The number of hydrogen-bond acceptors (Lipinski definition) is 0. The molecule has 0 aromatic rings. The molecule has 0 bridgehead atoms. The molecule has 0 radical (unpaired) electrons. The van der Waals surface area contributed by atoms with Crippen molar-refractivity contribution in [1.82, 2.24) is 0 Å². The Bertz CT molecular complexity index is 212. The van der Waals surface area contributed by atoms with Crippen LogP contribution in [0.4, 0.5) is 0 Å². The number of rotatable bonds is 6. The molecule has 1 rings (SSSR count). The van der Waals surface area contributed by atoms with E-state index in [0.717, 1.165) is 5.92 Å². The van der Waals surface area contributed by atoms with Crippen LogP contribution in [-0.4, -0.2) is 0 Å². The Morgan fingerprint density at radius 3 is 2.38 bits per heavy atom. The van der Waals surface area contributed by atoms with Gasteiger partial charge in [0.1, 0.15) is 0 Å². The molecule has 0 spiro atoms. The molecule has 16 heavy (non-hydrogen) atoms. The fourth-order valence-electron chi connectivity index (χ4n) is 1.92. The van der Waals surface area contributed by atoms with E-state index >= 15 is 0 Å². The van der Waals surface area contributed by atoms with Crippen molar-refractivity contribution in [2.24, 2.45) is 5.92 Å². The molecule has 1 aliphatic carbocycles. The van der Waals surface area contributed by atoms with Crippen molar-refractivity contribution in [2.75, 3.05) is 0 Å². The zero-order valence-electron chi connectivity index (χ0n) is 10.3. The Morgan fingerprint density at radius 2 is 1.81 bits per heavy atom. The first kappa shape index (κ1) is 16.9. The van der Waals surface area contributed by atoms with E-state index in [1.165, 1.54) is 38.5 Å². The molecule has 0 aromatic carbocycles. The fraction of sp³-hybridized carbons (Fsp3) is 0.692. The molecule has 0 nitrogen and oxygen atoms in total. The van der Waals surface area contributed by atoms with Gasteiger partial charge in [-0.1, -0.05) is 56.9 Å². The summed E-state index contributed by atoms with van der Waals surface area (Å²) in [6.45, 7) is 4.54. The number of allylic oxidation sites excluding steroid dienone is 4. The van der Waals surface area contributed by atoms with Gasteiger partial charge in [-0.15, -0.1) is 0 Å². The Kier molecular flexibility index (Phi) is 13.1. The minimum absolute atomic E-state index is 0.784. The second-order valence-corrected chi connectivity index (χ2v) is 7.78. The molecule has 0 saturated heterocycles. The first-order chi connectivity index (χ1) is 7.79. The second kappa shape index (κ2) is 12.4. The summed E-state index contributed by atoms with van der Waals surface area (Å²) in [7, 11) is 9.87. The Labute approximate surface area is 119 Å². The van der Waals surface area contributed by atoms with Gasteiger partial charge in [-0.3, -0.25) is 0 Å². The van der Waals surface area contributed by atoms with Gasteiger partial charge in [0, 0.05) is 0 Å². The van der Waals surface area contributed by atoms with Crippen LogP contribution >= 0.6 is 17.0 Å². The SMILES string of the molecule is CCCCC1=CC=CC1CCCC.[Cl][Zr][Cl]. The molecule has 3 heteroatoms. The van der Waals surface area contributed by atoms with E-state index in [-0.39, 0.29) is 0 Å². The van der Waals surface area contributed by atoms with Crippen LogP contribution in [0.15, 0.2) is 23.8 Å². The Hall–Kier alpha value is 0.943. The molecule has 92 valence electrons. The van der Waals surface area contributed by atoms with E-state index in [0.29, 0.717) is 0 Å². The predicted octanol–water partition coefficient (Wildman–Crippen LogP) is 5.86. The van der Waals surface area contributed by atoms with E-state index in [4.69, 9.17) is 17.0 Å². The zero-order chi connectivity index (χ0) is 12.2. The molecule has 1 unspecified atom stereocenters. The van der Waals surface area contributed by atoms with Gasteiger partial charge in [-0.2, -0.15) is 0 Å². The average Bonchev–Trinajstić information content (AvgIpc) is 2.72. The van der Waals surface area contributed by atoms with Crippen molar-refractivity contribution >= 4 is 17.0 Å². The molecule has 0 amide bonds. The predicted molar refractivity (Wildman–Crippen MR) is 71.5 cm³/mol. The van der Waals surface area contributed by atoms with Crippen molar-refractivity contribution in [2.45, 2.75) is 52.4 Å². The Morgan fingerprint density at radius 1 is 1.19 bits per heavy atom. The quantitative estimate of drug-likeness (QED) is 0.568. The van der Waals surface area contributed by atoms with Crippen LogP contribution in [0.1, 0.15) is 52.4 Å². The summed E-state index contributed by atoms with van der Waals surface area (Å²) in [5.74, 6) is 0.784. The first-order valence-electron chi connectivity index (χ1n) is 6.13. The normalized spacial score (nSPS) is 17.8. The van der Waals surface area contributed by atoms with E-state index in [1.807, 2.05) is 0 Å². The summed E-state index contributed by atoms with van der Waals surface area (Å²) < 4.78 is 0. The summed E-state index contributed by atoms with van der Waals surface area (Å²) in [5.41, 5.74) is 1.68. The Balaban J connectivity index is 0.000000673. The molecule has 0 aliphatic heterocycles. The van der Waals surface area contributed by atoms with Gasteiger partial charge in [0.05, 0.1) is 0 Å². The molecule has 0 saturated carbocycles. The number of unbranched alkanes of at least 4 members (excludes halogenated alkanes) is 2. The molecular weight excluding hydrogens is 318 g/mol. The van der Waals surface area contributed by atoms with Crippen LogP contribution in [0.3, 0.4) is 0 Å². The molecule has 1 aliphatic rings. The monoisotopic (exact) mass is 338 g/mol.